The average Bonchev–Trinajstić information content (AvgIpc) is 2.01. The molecule has 82 valence electrons. The fraction of sp³-hybridized carbons (Fsp3) is 0.571. The van der Waals surface area contributed by atoms with Crippen LogP contribution < -0.4 is 9.79 Å². The summed E-state index contributed by atoms with van der Waals surface area (Å²) < 4.78 is 18.5. The topological polar surface area (TPSA) is 98.7 Å². The molecule has 0 bridgehead atoms. The second-order valence-corrected chi connectivity index (χ2v) is 3.70. The van der Waals surface area contributed by atoms with Gasteiger partial charge in [0.25, 0.3) is 0 Å². The zero-order valence-corrected chi connectivity index (χ0v) is 10.7. The van der Waals surface area contributed by atoms with Gasteiger partial charge in [-0.25, -0.2) is 4.79 Å². The van der Waals surface area contributed by atoms with Crippen LogP contribution in [0, 0.1) is 0 Å². The van der Waals surface area contributed by atoms with Crippen molar-refractivity contribution in [2.75, 3.05) is 13.2 Å². The summed E-state index contributed by atoms with van der Waals surface area (Å²) in [5.41, 5.74) is 0.254. The van der Waals surface area contributed by atoms with E-state index in [0.29, 0.717) is 0 Å². The van der Waals surface area contributed by atoms with Crippen LogP contribution in [-0.2, 0) is 18.6 Å². The predicted octanol–water partition coefficient (Wildman–Crippen LogP) is -1.04. The third-order valence-electron chi connectivity index (χ3n) is 1.12. The van der Waals surface area contributed by atoms with Crippen molar-refractivity contribution < 1.29 is 28.4 Å². The molecule has 0 aliphatic rings. The molecule has 0 amide bonds. The molecular formula is C7H11MgO6P. The number of carbonyl (C=O) groups is 1. The van der Waals surface area contributed by atoms with Gasteiger partial charge in [-0.3, -0.25) is 0 Å². The van der Waals surface area contributed by atoms with E-state index in [9.17, 15) is 19.1 Å². The molecule has 0 radical (unpaired) electrons. The maximum Gasteiger partial charge on any atom is 2.00 e. The number of rotatable bonds is 6. The maximum absolute atomic E-state index is 10.8. The third kappa shape index (κ3) is 12.0. The van der Waals surface area contributed by atoms with Crippen LogP contribution in [-0.4, -0.2) is 42.2 Å². The summed E-state index contributed by atoms with van der Waals surface area (Å²) >= 11 is 0. The van der Waals surface area contributed by atoms with Gasteiger partial charge in [0.1, 0.15) is 0 Å². The van der Waals surface area contributed by atoms with Gasteiger partial charge in [-0.15, -0.1) is 0 Å². The van der Waals surface area contributed by atoms with Crippen LogP contribution in [0.5, 0.6) is 0 Å². The van der Waals surface area contributed by atoms with Gasteiger partial charge < -0.3 is 23.6 Å². The molecule has 0 aromatic rings. The van der Waals surface area contributed by atoms with E-state index >= 15 is 0 Å². The Morgan fingerprint density at radius 3 is 2.33 bits per heavy atom. The van der Waals surface area contributed by atoms with Crippen LogP contribution in [0.25, 0.3) is 0 Å². The normalized spacial score (nSPS) is 10.3. The summed E-state index contributed by atoms with van der Waals surface area (Å²) in [6.07, 6.45) is 0.146. The number of ether oxygens (including phenoxy) is 1. The minimum absolute atomic E-state index is 0. The molecule has 0 aromatic heterocycles. The van der Waals surface area contributed by atoms with Gasteiger partial charge in [0.15, 0.2) is 0 Å². The number of esters is 1. The van der Waals surface area contributed by atoms with E-state index in [1.54, 1.807) is 0 Å². The zero-order chi connectivity index (χ0) is 11.2. The van der Waals surface area contributed by atoms with E-state index in [4.69, 9.17) is 0 Å². The summed E-state index contributed by atoms with van der Waals surface area (Å²) in [5, 5.41) is 0. The van der Waals surface area contributed by atoms with Gasteiger partial charge in [0.2, 0.25) is 0 Å². The van der Waals surface area contributed by atoms with Crippen LogP contribution in [0.2, 0.25) is 0 Å². The van der Waals surface area contributed by atoms with Gasteiger partial charge in [0, 0.05) is 12.0 Å². The molecule has 0 saturated heterocycles. The van der Waals surface area contributed by atoms with Gasteiger partial charge in [-0.05, 0) is 6.92 Å². The molecule has 15 heavy (non-hydrogen) atoms. The van der Waals surface area contributed by atoms with Crippen molar-refractivity contribution in [1.82, 2.24) is 0 Å². The van der Waals surface area contributed by atoms with Crippen molar-refractivity contribution in [3.8, 4) is 0 Å². The largest absolute Gasteiger partial charge is 2.00 e. The summed E-state index contributed by atoms with van der Waals surface area (Å²) in [6, 6.07) is 0. The molecule has 0 atom stereocenters. The van der Waals surface area contributed by atoms with Gasteiger partial charge in [-0.1, -0.05) is 6.58 Å². The van der Waals surface area contributed by atoms with Crippen molar-refractivity contribution in [1.29, 1.82) is 0 Å². The zero-order valence-electron chi connectivity index (χ0n) is 8.43. The first kappa shape index (κ1) is 17.5. The van der Waals surface area contributed by atoms with Crippen molar-refractivity contribution in [3.63, 3.8) is 0 Å². The van der Waals surface area contributed by atoms with Gasteiger partial charge in [0.05, 0.1) is 21.0 Å². The Bertz CT molecular complexity index is 260. The molecule has 0 aliphatic heterocycles. The second kappa shape index (κ2) is 8.26. The van der Waals surface area contributed by atoms with Crippen LogP contribution in [0.15, 0.2) is 12.2 Å². The molecule has 0 rings (SSSR count). The van der Waals surface area contributed by atoms with Crippen LogP contribution >= 0.6 is 7.82 Å². The molecule has 0 aliphatic carbocycles. The molecule has 0 saturated carbocycles. The first-order valence-electron chi connectivity index (χ1n) is 3.82. The Labute approximate surface area is 104 Å². The Morgan fingerprint density at radius 1 is 1.40 bits per heavy atom. The Balaban J connectivity index is 0. The van der Waals surface area contributed by atoms with Crippen LogP contribution in [0.1, 0.15) is 13.3 Å². The van der Waals surface area contributed by atoms with E-state index in [2.05, 4.69) is 15.8 Å². The molecule has 0 fully saturated rings. The molecule has 0 heterocycles. The Kier molecular flexibility index (Phi) is 9.63. The smallest absolute Gasteiger partial charge is 0.790 e. The van der Waals surface area contributed by atoms with Gasteiger partial charge in [-0.2, -0.15) is 0 Å². The molecule has 0 spiro atoms. The van der Waals surface area contributed by atoms with Crippen LogP contribution in [0.4, 0.5) is 0 Å². The Hall–Kier alpha value is 0.0862. The molecule has 6 nitrogen and oxygen atoms in total. The minimum Gasteiger partial charge on any atom is -0.790 e. The van der Waals surface area contributed by atoms with Crippen molar-refractivity contribution in [3.05, 3.63) is 12.2 Å². The monoisotopic (exact) mass is 246 g/mol. The standard InChI is InChI=1S/C7H13O6P.Mg/c1-6(2)7(8)12-4-3-5-13-14(9,10)11;/h1,3-5H2,2H3,(H2,9,10,11);/q;+2/p-2. The van der Waals surface area contributed by atoms with Crippen molar-refractivity contribution in [2.24, 2.45) is 0 Å². The summed E-state index contributed by atoms with van der Waals surface area (Å²) in [7, 11) is -4.91. The number of hydrogen-bond donors (Lipinski definition) is 0. The summed E-state index contributed by atoms with van der Waals surface area (Å²) in [5.74, 6) is -0.558. The summed E-state index contributed by atoms with van der Waals surface area (Å²) in [6.45, 7) is 4.54. The predicted molar refractivity (Wildman–Crippen MR) is 49.7 cm³/mol. The van der Waals surface area contributed by atoms with E-state index in [0.717, 1.165) is 0 Å². The number of phosphoric acid groups is 1. The fourth-order valence-corrected chi connectivity index (χ4v) is 0.876. The van der Waals surface area contributed by atoms with Gasteiger partial charge >= 0.3 is 29.0 Å². The number of carbonyl (C=O) groups excluding carboxylic acids is 1. The van der Waals surface area contributed by atoms with Crippen molar-refractivity contribution in [2.45, 2.75) is 13.3 Å². The van der Waals surface area contributed by atoms with Crippen molar-refractivity contribution >= 4 is 36.8 Å². The second-order valence-electron chi connectivity index (χ2n) is 2.55. The van der Waals surface area contributed by atoms with E-state index in [-0.39, 0.29) is 48.3 Å². The number of phosphoric ester groups is 1. The van der Waals surface area contributed by atoms with Crippen LogP contribution in [0.3, 0.4) is 0 Å². The molecule has 0 unspecified atom stereocenters. The van der Waals surface area contributed by atoms with E-state index < -0.39 is 13.8 Å². The van der Waals surface area contributed by atoms with E-state index in [1.807, 2.05) is 0 Å². The molecule has 0 N–H and O–H groups in total. The fourth-order valence-electron chi connectivity index (χ4n) is 0.523. The summed E-state index contributed by atoms with van der Waals surface area (Å²) in [4.78, 5) is 30.7. The van der Waals surface area contributed by atoms with E-state index in [1.165, 1.54) is 6.92 Å². The Morgan fingerprint density at radius 2 is 1.93 bits per heavy atom. The maximum atomic E-state index is 10.8. The quantitative estimate of drug-likeness (QED) is 0.195. The SMILES string of the molecule is C=C(C)C(=O)OCCCOP(=O)([O-])[O-].[Mg+2]. The first-order chi connectivity index (χ1) is 6.33. The first-order valence-corrected chi connectivity index (χ1v) is 5.28. The number of hydrogen-bond acceptors (Lipinski definition) is 6. The minimum atomic E-state index is -4.91. The molecular weight excluding hydrogens is 235 g/mol. The molecule has 8 heteroatoms. The average molecular weight is 246 g/mol. The molecule has 0 aromatic carbocycles. The third-order valence-corrected chi connectivity index (χ3v) is 1.62.